The second kappa shape index (κ2) is 8.08. The molecule has 2 aromatic rings. The standard InChI is InChI=1S/C17H16ClNO4S/c1-11-7-8-14(13(18)9-11)19-16(20)10-23-17(21)12-5-3-4-6-15(12)24(2)22/h3-9H,10H2,1-2H3,(H,19,20)/t24-/m1/s1. The van der Waals surface area contributed by atoms with E-state index in [4.69, 9.17) is 16.3 Å². The summed E-state index contributed by atoms with van der Waals surface area (Å²) >= 11 is 6.03. The van der Waals surface area contributed by atoms with Gasteiger partial charge in [-0.3, -0.25) is 9.00 Å². The van der Waals surface area contributed by atoms with Crippen LogP contribution in [0.2, 0.25) is 5.02 Å². The van der Waals surface area contributed by atoms with Crippen molar-refractivity contribution >= 4 is 40.0 Å². The van der Waals surface area contributed by atoms with Gasteiger partial charge in [0.05, 0.1) is 32.0 Å². The summed E-state index contributed by atoms with van der Waals surface area (Å²) in [4.78, 5) is 24.3. The van der Waals surface area contributed by atoms with Gasteiger partial charge in [0, 0.05) is 6.26 Å². The maximum atomic E-state index is 12.1. The van der Waals surface area contributed by atoms with Crippen LogP contribution in [0.4, 0.5) is 5.69 Å². The minimum absolute atomic E-state index is 0.180. The molecular weight excluding hydrogens is 350 g/mol. The van der Waals surface area contributed by atoms with E-state index in [0.29, 0.717) is 15.6 Å². The van der Waals surface area contributed by atoms with E-state index in [2.05, 4.69) is 5.32 Å². The Hall–Kier alpha value is -2.18. The van der Waals surface area contributed by atoms with Crippen LogP contribution in [0, 0.1) is 6.92 Å². The van der Waals surface area contributed by atoms with E-state index in [1.807, 2.05) is 6.92 Å². The number of carbonyl (C=O) groups excluding carboxylic acids is 2. The minimum atomic E-state index is -1.33. The summed E-state index contributed by atoms with van der Waals surface area (Å²) in [6, 6.07) is 11.6. The number of halogens is 1. The molecule has 7 heteroatoms. The van der Waals surface area contributed by atoms with Gasteiger partial charge in [0.15, 0.2) is 6.61 Å². The molecule has 1 amide bonds. The number of ether oxygens (including phenoxy) is 1. The minimum Gasteiger partial charge on any atom is -0.452 e. The Morgan fingerprint density at radius 2 is 1.92 bits per heavy atom. The third-order valence-electron chi connectivity index (χ3n) is 3.15. The fraction of sp³-hybridized carbons (Fsp3) is 0.176. The number of anilines is 1. The van der Waals surface area contributed by atoms with Crippen LogP contribution >= 0.6 is 11.6 Å². The van der Waals surface area contributed by atoms with Crippen LogP contribution in [0.15, 0.2) is 47.4 Å². The molecule has 0 bridgehead atoms. The Bertz CT molecular complexity index is 807. The average molecular weight is 366 g/mol. The number of rotatable bonds is 5. The van der Waals surface area contributed by atoms with Gasteiger partial charge in [-0.2, -0.15) is 0 Å². The summed E-state index contributed by atoms with van der Waals surface area (Å²) in [6.07, 6.45) is 1.47. The highest BCUT2D eigenvalue weighted by Gasteiger charge is 2.16. The molecule has 0 aliphatic carbocycles. The first-order valence-corrected chi connectivity index (χ1v) is 8.97. The zero-order valence-corrected chi connectivity index (χ0v) is 14.7. The summed E-state index contributed by atoms with van der Waals surface area (Å²) in [5.41, 5.74) is 1.59. The van der Waals surface area contributed by atoms with Crippen molar-refractivity contribution in [3.63, 3.8) is 0 Å². The molecule has 1 atom stereocenters. The van der Waals surface area contributed by atoms with Crippen LogP contribution in [-0.4, -0.2) is 28.9 Å². The number of carbonyl (C=O) groups is 2. The average Bonchev–Trinajstić information content (AvgIpc) is 2.55. The van der Waals surface area contributed by atoms with E-state index in [-0.39, 0.29) is 5.56 Å². The van der Waals surface area contributed by atoms with Crippen LogP contribution in [0.25, 0.3) is 0 Å². The van der Waals surface area contributed by atoms with E-state index in [1.165, 1.54) is 12.3 Å². The SMILES string of the molecule is Cc1ccc(NC(=O)COC(=O)c2ccccc2[S@@](C)=O)c(Cl)c1. The largest absolute Gasteiger partial charge is 0.452 e. The van der Waals surface area contributed by atoms with E-state index in [0.717, 1.165) is 5.56 Å². The van der Waals surface area contributed by atoms with Crippen molar-refractivity contribution < 1.29 is 18.5 Å². The van der Waals surface area contributed by atoms with Crippen LogP contribution < -0.4 is 5.32 Å². The maximum Gasteiger partial charge on any atom is 0.339 e. The second-order valence-corrected chi connectivity index (χ2v) is 6.81. The smallest absolute Gasteiger partial charge is 0.339 e. The van der Waals surface area contributed by atoms with Gasteiger partial charge in [0.25, 0.3) is 5.91 Å². The second-order valence-electron chi connectivity index (χ2n) is 5.06. The van der Waals surface area contributed by atoms with Crippen molar-refractivity contribution in [1.29, 1.82) is 0 Å². The van der Waals surface area contributed by atoms with Crippen LogP contribution in [0.5, 0.6) is 0 Å². The first-order valence-electron chi connectivity index (χ1n) is 7.04. The fourth-order valence-electron chi connectivity index (χ4n) is 2.00. The molecular formula is C17H16ClNO4S. The molecule has 5 nitrogen and oxygen atoms in total. The number of hydrogen-bond acceptors (Lipinski definition) is 4. The zero-order valence-electron chi connectivity index (χ0n) is 13.2. The van der Waals surface area contributed by atoms with Gasteiger partial charge < -0.3 is 10.1 Å². The Labute approximate surface area is 147 Å². The summed E-state index contributed by atoms with van der Waals surface area (Å²) in [6.45, 7) is 1.42. The molecule has 0 unspecified atom stereocenters. The van der Waals surface area contributed by atoms with Crippen molar-refractivity contribution in [2.45, 2.75) is 11.8 Å². The first-order chi connectivity index (χ1) is 11.4. The Morgan fingerprint density at radius 3 is 2.58 bits per heavy atom. The predicted octanol–water partition coefficient (Wildman–Crippen LogP) is 3.18. The molecule has 0 aromatic heterocycles. The van der Waals surface area contributed by atoms with Crippen molar-refractivity contribution in [3.05, 3.63) is 58.6 Å². The van der Waals surface area contributed by atoms with Gasteiger partial charge in [0.1, 0.15) is 0 Å². The third-order valence-corrected chi connectivity index (χ3v) is 4.44. The predicted molar refractivity (Wildman–Crippen MR) is 93.9 cm³/mol. The normalized spacial score (nSPS) is 11.6. The van der Waals surface area contributed by atoms with Gasteiger partial charge in [-0.05, 0) is 36.8 Å². The first kappa shape index (κ1) is 18.2. The Balaban J connectivity index is 1.99. The number of esters is 1. The van der Waals surface area contributed by atoms with Gasteiger partial charge in [-0.1, -0.05) is 29.8 Å². The molecule has 2 rings (SSSR count). The number of hydrogen-bond donors (Lipinski definition) is 1. The molecule has 0 heterocycles. The molecule has 0 aliphatic rings. The molecule has 2 aromatic carbocycles. The highest BCUT2D eigenvalue weighted by molar-refractivity contribution is 7.84. The van der Waals surface area contributed by atoms with E-state index >= 15 is 0 Å². The van der Waals surface area contributed by atoms with Gasteiger partial charge in [0.2, 0.25) is 0 Å². The summed E-state index contributed by atoms with van der Waals surface area (Å²) < 4.78 is 16.6. The highest BCUT2D eigenvalue weighted by Crippen LogP contribution is 2.22. The lowest BCUT2D eigenvalue weighted by atomic mass is 10.2. The number of nitrogens with one attached hydrogen (secondary N) is 1. The van der Waals surface area contributed by atoms with Crippen LogP contribution in [0.3, 0.4) is 0 Å². The molecule has 0 saturated heterocycles. The highest BCUT2D eigenvalue weighted by atomic mass is 35.5. The molecule has 126 valence electrons. The third kappa shape index (κ3) is 4.66. The van der Waals surface area contributed by atoms with Gasteiger partial charge in [-0.15, -0.1) is 0 Å². The quantitative estimate of drug-likeness (QED) is 0.826. The number of amides is 1. The zero-order chi connectivity index (χ0) is 17.7. The lowest BCUT2D eigenvalue weighted by molar-refractivity contribution is -0.119. The summed E-state index contributed by atoms with van der Waals surface area (Å²) in [5.74, 6) is -1.21. The van der Waals surface area contributed by atoms with Gasteiger partial charge >= 0.3 is 5.97 Å². The number of benzene rings is 2. The van der Waals surface area contributed by atoms with Crippen molar-refractivity contribution in [2.24, 2.45) is 0 Å². The Kier molecular flexibility index (Phi) is 6.11. The van der Waals surface area contributed by atoms with Crippen molar-refractivity contribution in [3.8, 4) is 0 Å². The molecule has 0 saturated carbocycles. The molecule has 0 fully saturated rings. The van der Waals surface area contributed by atoms with E-state index < -0.39 is 29.3 Å². The topological polar surface area (TPSA) is 72.5 Å². The summed E-state index contributed by atoms with van der Waals surface area (Å²) in [7, 11) is -1.33. The lowest BCUT2D eigenvalue weighted by Crippen LogP contribution is -2.21. The molecule has 0 spiro atoms. The van der Waals surface area contributed by atoms with E-state index in [9.17, 15) is 13.8 Å². The van der Waals surface area contributed by atoms with Crippen LogP contribution in [-0.2, 0) is 20.3 Å². The maximum absolute atomic E-state index is 12.1. The van der Waals surface area contributed by atoms with Crippen molar-refractivity contribution in [2.75, 3.05) is 18.2 Å². The van der Waals surface area contributed by atoms with Crippen molar-refractivity contribution in [1.82, 2.24) is 0 Å². The molecule has 1 N–H and O–H groups in total. The Morgan fingerprint density at radius 1 is 1.21 bits per heavy atom. The summed E-state index contributed by atoms with van der Waals surface area (Å²) in [5, 5.41) is 2.98. The van der Waals surface area contributed by atoms with Crippen LogP contribution in [0.1, 0.15) is 15.9 Å². The fourth-order valence-corrected chi connectivity index (χ4v) is 3.02. The van der Waals surface area contributed by atoms with E-state index in [1.54, 1.807) is 36.4 Å². The van der Waals surface area contributed by atoms with Gasteiger partial charge in [-0.25, -0.2) is 4.79 Å². The lowest BCUT2D eigenvalue weighted by Gasteiger charge is -2.10. The molecule has 0 aliphatic heterocycles. The monoisotopic (exact) mass is 365 g/mol. The number of aryl methyl sites for hydroxylation is 1. The molecule has 0 radical (unpaired) electrons. The molecule has 24 heavy (non-hydrogen) atoms.